The van der Waals surface area contributed by atoms with Crippen molar-refractivity contribution < 1.29 is 4.79 Å². The first-order valence-corrected chi connectivity index (χ1v) is 6.20. The van der Waals surface area contributed by atoms with Crippen molar-refractivity contribution in [1.29, 1.82) is 0 Å². The smallest absolute Gasteiger partial charge is 0.254 e. The highest BCUT2D eigenvalue weighted by Gasteiger charge is 2.19. The van der Waals surface area contributed by atoms with E-state index in [1.54, 1.807) is 11.3 Å². The zero-order valence-corrected chi connectivity index (χ0v) is 9.72. The lowest BCUT2D eigenvalue weighted by molar-refractivity contribution is 0.0776. The third kappa shape index (κ3) is 2.58. The normalized spacial score (nSPS) is 20.5. The van der Waals surface area contributed by atoms with E-state index in [4.69, 9.17) is 0 Å². The number of rotatable bonds is 3. The maximum atomic E-state index is 11.9. The molecule has 0 bridgehead atoms. The van der Waals surface area contributed by atoms with E-state index in [1.807, 2.05) is 28.8 Å². The minimum Gasteiger partial charge on any atom is -0.341 e. The van der Waals surface area contributed by atoms with E-state index >= 15 is 0 Å². The van der Waals surface area contributed by atoms with Gasteiger partial charge in [-0.2, -0.15) is 11.3 Å². The van der Waals surface area contributed by atoms with Crippen LogP contribution in [0.2, 0.25) is 0 Å². The monoisotopic (exact) mass is 224 g/mol. The van der Waals surface area contributed by atoms with Crippen LogP contribution in [0.25, 0.3) is 0 Å². The molecule has 82 valence electrons. The van der Waals surface area contributed by atoms with Crippen LogP contribution in [0.4, 0.5) is 0 Å². The number of thiophene rings is 1. The average molecular weight is 224 g/mol. The molecule has 0 spiro atoms. The summed E-state index contributed by atoms with van der Waals surface area (Å²) in [4.78, 5) is 13.7. The van der Waals surface area contributed by atoms with E-state index < -0.39 is 0 Å². The molecule has 1 saturated heterocycles. The number of nitrogens with zero attached hydrogens (tertiary/aromatic N) is 1. The van der Waals surface area contributed by atoms with E-state index in [0.29, 0.717) is 5.92 Å². The Balaban J connectivity index is 1.90. The molecule has 0 aromatic carbocycles. The molecule has 0 aliphatic carbocycles. The number of hydrogen-bond donors (Lipinski definition) is 1. The second kappa shape index (κ2) is 4.77. The molecule has 0 radical (unpaired) electrons. The predicted molar refractivity (Wildman–Crippen MR) is 62.3 cm³/mol. The molecule has 2 rings (SSSR count). The minimum absolute atomic E-state index is 0.142. The summed E-state index contributed by atoms with van der Waals surface area (Å²) >= 11 is 1.57. The second-order valence-corrected chi connectivity index (χ2v) is 4.84. The summed E-state index contributed by atoms with van der Waals surface area (Å²) in [7, 11) is 1.89. The van der Waals surface area contributed by atoms with Crippen LogP contribution < -0.4 is 5.32 Å². The lowest BCUT2D eigenvalue weighted by Gasteiger charge is -2.20. The van der Waals surface area contributed by atoms with Gasteiger partial charge in [0.1, 0.15) is 0 Å². The average Bonchev–Trinajstić information content (AvgIpc) is 2.88. The summed E-state index contributed by atoms with van der Waals surface area (Å²) in [6, 6.07) is 1.89. The first kappa shape index (κ1) is 10.6. The maximum absolute atomic E-state index is 11.9. The van der Waals surface area contributed by atoms with Crippen molar-refractivity contribution >= 4 is 17.2 Å². The van der Waals surface area contributed by atoms with Gasteiger partial charge in [-0.15, -0.1) is 0 Å². The van der Waals surface area contributed by atoms with Crippen LogP contribution in [0.15, 0.2) is 16.8 Å². The van der Waals surface area contributed by atoms with Gasteiger partial charge in [-0.1, -0.05) is 0 Å². The van der Waals surface area contributed by atoms with Crippen molar-refractivity contribution in [3.05, 3.63) is 22.4 Å². The van der Waals surface area contributed by atoms with Gasteiger partial charge in [-0.05, 0) is 36.9 Å². The Kier molecular flexibility index (Phi) is 3.38. The Morgan fingerprint density at radius 1 is 1.73 bits per heavy atom. The van der Waals surface area contributed by atoms with Crippen molar-refractivity contribution in [3.8, 4) is 0 Å². The summed E-state index contributed by atoms with van der Waals surface area (Å²) in [5, 5.41) is 7.17. The second-order valence-electron chi connectivity index (χ2n) is 4.06. The maximum Gasteiger partial charge on any atom is 0.254 e. The molecule has 1 N–H and O–H groups in total. The molecule has 1 amide bonds. The number of carbonyl (C=O) groups excluding carboxylic acids is 1. The summed E-state index contributed by atoms with van der Waals surface area (Å²) in [5.41, 5.74) is 0.813. The Labute approximate surface area is 94.1 Å². The molecule has 4 heteroatoms. The van der Waals surface area contributed by atoms with Gasteiger partial charge in [0, 0.05) is 19.0 Å². The van der Waals surface area contributed by atoms with Crippen LogP contribution in [-0.2, 0) is 0 Å². The Hall–Kier alpha value is -0.870. The molecule has 3 nitrogen and oxygen atoms in total. The van der Waals surface area contributed by atoms with E-state index in [-0.39, 0.29) is 5.91 Å². The van der Waals surface area contributed by atoms with E-state index in [1.165, 1.54) is 6.42 Å². The molecular formula is C11H16N2OS. The van der Waals surface area contributed by atoms with Gasteiger partial charge in [0.15, 0.2) is 0 Å². The Morgan fingerprint density at radius 2 is 2.60 bits per heavy atom. The minimum atomic E-state index is 0.142. The molecule has 1 aromatic rings. The van der Waals surface area contributed by atoms with Crippen molar-refractivity contribution in [2.45, 2.75) is 6.42 Å². The summed E-state index contributed by atoms with van der Waals surface area (Å²) < 4.78 is 0. The number of carbonyl (C=O) groups is 1. The Morgan fingerprint density at radius 3 is 3.20 bits per heavy atom. The molecule has 0 saturated carbocycles. The number of amides is 1. The van der Waals surface area contributed by atoms with Gasteiger partial charge < -0.3 is 10.2 Å². The standard InChI is InChI=1S/C11H16N2OS/c1-13(7-9-2-4-12-6-9)11(14)10-3-5-15-8-10/h3,5,8-9,12H,2,4,6-7H2,1H3/t9-/m1/s1. The molecule has 1 fully saturated rings. The van der Waals surface area contributed by atoms with Crippen molar-refractivity contribution in [2.24, 2.45) is 5.92 Å². The first-order chi connectivity index (χ1) is 7.27. The van der Waals surface area contributed by atoms with Crippen molar-refractivity contribution in [3.63, 3.8) is 0 Å². The SMILES string of the molecule is CN(C[C@@H]1CCNC1)C(=O)c1ccsc1. The third-order valence-electron chi connectivity index (χ3n) is 2.81. The van der Waals surface area contributed by atoms with Gasteiger partial charge in [0.2, 0.25) is 0 Å². The molecule has 0 unspecified atom stereocenters. The quantitative estimate of drug-likeness (QED) is 0.842. The summed E-state index contributed by atoms with van der Waals surface area (Å²) in [6.07, 6.45) is 1.18. The van der Waals surface area contributed by atoms with Crippen LogP contribution in [0.3, 0.4) is 0 Å². The third-order valence-corrected chi connectivity index (χ3v) is 3.49. The van der Waals surface area contributed by atoms with Crippen LogP contribution in [0.1, 0.15) is 16.8 Å². The molecule has 1 aliphatic heterocycles. The fraction of sp³-hybridized carbons (Fsp3) is 0.545. The predicted octanol–water partition coefficient (Wildman–Crippen LogP) is 1.43. The van der Waals surface area contributed by atoms with Crippen molar-refractivity contribution in [1.82, 2.24) is 10.2 Å². The lowest BCUT2D eigenvalue weighted by Crippen LogP contribution is -2.32. The van der Waals surface area contributed by atoms with E-state index in [9.17, 15) is 4.79 Å². The van der Waals surface area contributed by atoms with Gasteiger partial charge >= 0.3 is 0 Å². The highest BCUT2D eigenvalue weighted by atomic mass is 32.1. The van der Waals surface area contributed by atoms with Crippen LogP contribution in [-0.4, -0.2) is 37.5 Å². The Bertz CT molecular complexity index is 317. The summed E-state index contributed by atoms with van der Waals surface area (Å²) in [5.74, 6) is 0.765. The molecule has 2 heterocycles. The summed E-state index contributed by atoms with van der Waals surface area (Å²) in [6.45, 7) is 2.99. The van der Waals surface area contributed by atoms with Crippen molar-refractivity contribution in [2.75, 3.05) is 26.7 Å². The molecular weight excluding hydrogens is 208 g/mol. The van der Waals surface area contributed by atoms with Gasteiger partial charge in [-0.3, -0.25) is 4.79 Å². The van der Waals surface area contributed by atoms with Gasteiger partial charge in [0.25, 0.3) is 5.91 Å². The highest BCUT2D eigenvalue weighted by Crippen LogP contribution is 2.13. The molecule has 1 aromatic heterocycles. The van der Waals surface area contributed by atoms with Gasteiger partial charge in [-0.25, -0.2) is 0 Å². The van der Waals surface area contributed by atoms with Gasteiger partial charge in [0.05, 0.1) is 5.56 Å². The van der Waals surface area contributed by atoms with E-state index in [2.05, 4.69) is 5.32 Å². The fourth-order valence-corrected chi connectivity index (χ4v) is 2.58. The first-order valence-electron chi connectivity index (χ1n) is 5.26. The topological polar surface area (TPSA) is 32.3 Å². The fourth-order valence-electron chi connectivity index (χ4n) is 1.95. The largest absolute Gasteiger partial charge is 0.341 e. The lowest BCUT2D eigenvalue weighted by atomic mass is 10.1. The zero-order chi connectivity index (χ0) is 10.7. The van der Waals surface area contributed by atoms with Crippen LogP contribution >= 0.6 is 11.3 Å². The molecule has 15 heavy (non-hydrogen) atoms. The zero-order valence-electron chi connectivity index (χ0n) is 8.90. The van der Waals surface area contributed by atoms with Crippen LogP contribution in [0, 0.1) is 5.92 Å². The number of hydrogen-bond acceptors (Lipinski definition) is 3. The van der Waals surface area contributed by atoms with Crippen LogP contribution in [0.5, 0.6) is 0 Å². The number of nitrogens with one attached hydrogen (secondary N) is 1. The highest BCUT2D eigenvalue weighted by molar-refractivity contribution is 7.08. The molecule has 1 aliphatic rings. The van der Waals surface area contributed by atoms with E-state index in [0.717, 1.165) is 25.2 Å². The molecule has 1 atom stereocenters.